The molecule has 4 aromatic rings. The van der Waals surface area contributed by atoms with Crippen LogP contribution in [0.3, 0.4) is 0 Å². The second kappa shape index (κ2) is 11.9. The van der Waals surface area contributed by atoms with Crippen molar-refractivity contribution in [3.8, 4) is 17.2 Å². The summed E-state index contributed by atoms with van der Waals surface area (Å²) in [5.41, 5.74) is 9.72. The van der Waals surface area contributed by atoms with Crippen LogP contribution in [-0.4, -0.2) is 28.8 Å². The van der Waals surface area contributed by atoms with Gasteiger partial charge in [0.05, 0.1) is 18.5 Å². The van der Waals surface area contributed by atoms with Crippen molar-refractivity contribution in [1.29, 1.82) is 0 Å². The van der Waals surface area contributed by atoms with E-state index in [1.807, 2.05) is 30.3 Å². The van der Waals surface area contributed by atoms with Gasteiger partial charge >= 0.3 is 7.82 Å². The molecular formula is C25H28N4O6P+. The van der Waals surface area contributed by atoms with Gasteiger partial charge in [-0.3, -0.25) is 10.3 Å². The second-order valence-corrected chi connectivity index (χ2v) is 9.55. The maximum absolute atomic E-state index is 11.6. The molecule has 0 fully saturated rings. The van der Waals surface area contributed by atoms with Crippen LogP contribution in [0.1, 0.15) is 23.2 Å². The van der Waals surface area contributed by atoms with Gasteiger partial charge in [0.2, 0.25) is 12.6 Å². The summed E-state index contributed by atoms with van der Waals surface area (Å²) in [5.74, 6) is 1.33. The smallest absolute Gasteiger partial charge is 0.475 e. The van der Waals surface area contributed by atoms with Gasteiger partial charge in [0.15, 0.2) is 5.76 Å². The van der Waals surface area contributed by atoms with Gasteiger partial charge in [0, 0.05) is 31.9 Å². The van der Waals surface area contributed by atoms with Crippen molar-refractivity contribution in [3.05, 3.63) is 89.9 Å². The number of nitrogens with zero attached hydrogens (tertiary/aromatic N) is 3. The number of hydrogen-bond acceptors (Lipinski definition) is 8. The van der Waals surface area contributed by atoms with E-state index < -0.39 is 7.82 Å². The zero-order valence-electron chi connectivity index (χ0n) is 19.8. The van der Waals surface area contributed by atoms with Crippen LogP contribution in [-0.2, 0) is 33.2 Å². The predicted octanol–water partition coefficient (Wildman–Crippen LogP) is 3.93. The summed E-state index contributed by atoms with van der Waals surface area (Å²) < 4.78 is 33.6. The second-order valence-electron chi connectivity index (χ2n) is 7.99. The fraction of sp³-hybridized carbons (Fsp3) is 0.240. The first-order valence-corrected chi connectivity index (χ1v) is 12.8. The van der Waals surface area contributed by atoms with Crippen molar-refractivity contribution in [2.75, 3.05) is 19.5 Å². The molecule has 188 valence electrons. The third kappa shape index (κ3) is 6.99. The monoisotopic (exact) mass is 511 g/mol. The lowest BCUT2D eigenvalue weighted by Gasteiger charge is -2.09. The van der Waals surface area contributed by atoms with Crippen LogP contribution in [0.5, 0.6) is 5.88 Å². The Morgan fingerprint density at radius 2 is 1.94 bits per heavy atom. The number of phosphoric acid groups is 1. The molecule has 0 spiro atoms. The number of nitrogen functional groups attached to an aromatic ring is 1. The van der Waals surface area contributed by atoms with Crippen molar-refractivity contribution in [1.82, 2.24) is 10.1 Å². The largest absolute Gasteiger partial charge is 0.478 e. The fourth-order valence-electron chi connectivity index (χ4n) is 3.50. The van der Waals surface area contributed by atoms with E-state index in [9.17, 15) is 9.46 Å². The van der Waals surface area contributed by atoms with Gasteiger partial charge in [0.1, 0.15) is 5.56 Å². The third-order valence-electron chi connectivity index (χ3n) is 5.41. The summed E-state index contributed by atoms with van der Waals surface area (Å²) in [6, 6.07) is 19.4. The molecule has 1 atom stereocenters. The van der Waals surface area contributed by atoms with Crippen LogP contribution in [0.2, 0.25) is 0 Å². The maximum Gasteiger partial charge on any atom is 0.475 e. The molecule has 11 heteroatoms. The van der Waals surface area contributed by atoms with Gasteiger partial charge in [-0.25, -0.2) is 18.6 Å². The van der Waals surface area contributed by atoms with Gasteiger partial charge in [-0.2, -0.15) is 0 Å². The maximum atomic E-state index is 11.6. The Morgan fingerprint density at radius 3 is 2.69 bits per heavy atom. The summed E-state index contributed by atoms with van der Waals surface area (Å²) in [6.07, 6.45) is 5.76. The Kier molecular flexibility index (Phi) is 8.45. The van der Waals surface area contributed by atoms with E-state index in [-0.39, 0.29) is 12.5 Å². The summed E-state index contributed by atoms with van der Waals surface area (Å²) in [6.45, 7) is 0.327. The third-order valence-corrected chi connectivity index (χ3v) is 6.32. The average Bonchev–Trinajstić information content (AvgIpc) is 3.36. The molecule has 1 aromatic carbocycles. The Labute approximate surface area is 208 Å². The Bertz CT molecular complexity index is 1310. The molecule has 36 heavy (non-hydrogen) atoms. The van der Waals surface area contributed by atoms with E-state index in [0.29, 0.717) is 35.9 Å². The molecule has 0 saturated carbocycles. The Hall–Kier alpha value is -3.56. The summed E-state index contributed by atoms with van der Waals surface area (Å²) in [7, 11) is -3.04. The highest BCUT2D eigenvalue weighted by molar-refractivity contribution is 7.47. The standard InChI is InChI=1S/C25H27N4O6P/c1-32-36(30,31)34-18-29-13-5-10-22(25(29)26)23-16-21(28-35-23)15-20-11-12-24(27-17-20)33-14-6-9-19-7-3-2-4-8-19/h2-5,7-8,10-13,16-17,26H,6,9,14-15,18H2,1H3,(H,30,31)/p+1. The van der Waals surface area contributed by atoms with Crippen molar-refractivity contribution >= 4 is 13.6 Å². The first-order chi connectivity index (χ1) is 17.4. The number of nitrogens with two attached hydrogens (primary N) is 1. The number of ether oxygens (including phenoxy) is 1. The average molecular weight is 511 g/mol. The number of aromatic nitrogens is 3. The first kappa shape index (κ1) is 25.5. The molecule has 0 aliphatic heterocycles. The first-order valence-electron chi connectivity index (χ1n) is 11.3. The molecule has 0 saturated heterocycles. The normalized spacial score (nSPS) is 12.8. The topological polar surface area (TPSA) is 134 Å². The van der Waals surface area contributed by atoms with Crippen molar-refractivity contribution in [2.45, 2.75) is 26.0 Å². The lowest BCUT2D eigenvalue weighted by atomic mass is 10.1. The highest BCUT2D eigenvalue weighted by atomic mass is 31.2. The van der Waals surface area contributed by atoms with Crippen LogP contribution in [0.25, 0.3) is 11.3 Å². The summed E-state index contributed by atoms with van der Waals surface area (Å²) >= 11 is 0. The highest BCUT2D eigenvalue weighted by Gasteiger charge is 2.22. The zero-order valence-corrected chi connectivity index (χ0v) is 20.7. The minimum atomic E-state index is -4.13. The molecule has 0 aliphatic rings. The predicted molar refractivity (Wildman–Crippen MR) is 132 cm³/mol. The van der Waals surface area contributed by atoms with E-state index in [2.05, 4.69) is 26.8 Å². The Morgan fingerprint density at radius 1 is 1.11 bits per heavy atom. The molecule has 4 rings (SSSR count). The van der Waals surface area contributed by atoms with E-state index in [4.69, 9.17) is 19.5 Å². The molecule has 10 nitrogen and oxygen atoms in total. The van der Waals surface area contributed by atoms with Gasteiger partial charge in [-0.05, 0) is 36.1 Å². The van der Waals surface area contributed by atoms with Gasteiger partial charge in [-0.1, -0.05) is 41.6 Å². The SMILES string of the molecule is COP(=O)(O)OC[n+]1cccc(-c2cc(Cc3ccc(OCCCc4ccccc4)nc3)no2)c1N. The molecule has 3 heterocycles. The number of rotatable bonds is 12. The minimum absolute atomic E-state index is 0.269. The van der Waals surface area contributed by atoms with Crippen LogP contribution in [0.4, 0.5) is 5.82 Å². The van der Waals surface area contributed by atoms with Crippen molar-refractivity contribution < 1.29 is 32.3 Å². The number of pyridine rings is 2. The Balaban J connectivity index is 1.32. The number of anilines is 1. The van der Waals surface area contributed by atoms with Crippen LogP contribution in [0.15, 0.2) is 77.6 Å². The number of phosphoric ester groups is 1. The van der Waals surface area contributed by atoms with Crippen LogP contribution >= 0.6 is 7.82 Å². The van der Waals surface area contributed by atoms with Gasteiger partial charge in [0.25, 0.3) is 5.82 Å². The summed E-state index contributed by atoms with van der Waals surface area (Å²) in [5, 5.41) is 4.13. The van der Waals surface area contributed by atoms with E-state index in [0.717, 1.165) is 25.5 Å². The van der Waals surface area contributed by atoms with Gasteiger partial charge in [-0.15, -0.1) is 0 Å². The van der Waals surface area contributed by atoms with Crippen molar-refractivity contribution in [2.24, 2.45) is 0 Å². The molecular weight excluding hydrogens is 483 g/mol. The molecule has 0 aliphatic carbocycles. The molecule has 1 unspecified atom stereocenters. The molecule has 3 aromatic heterocycles. The van der Waals surface area contributed by atoms with Crippen LogP contribution in [0, 0.1) is 0 Å². The molecule has 0 radical (unpaired) electrons. The number of aryl methyl sites for hydroxylation is 1. The number of hydrogen-bond donors (Lipinski definition) is 2. The fourth-order valence-corrected chi connectivity index (χ4v) is 3.88. The van der Waals surface area contributed by atoms with Gasteiger partial charge < -0.3 is 14.2 Å². The minimum Gasteiger partial charge on any atom is -0.478 e. The molecule has 0 bridgehead atoms. The molecule has 0 amide bonds. The quantitative estimate of drug-likeness (QED) is 0.165. The highest BCUT2D eigenvalue weighted by Crippen LogP contribution is 2.41. The number of benzene rings is 1. The summed E-state index contributed by atoms with van der Waals surface area (Å²) in [4.78, 5) is 13.8. The van der Waals surface area contributed by atoms with E-state index in [1.165, 1.54) is 10.1 Å². The lowest BCUT2D eigenvalue weighted by molar-refractivity contribution is -0.711. The van der Waals surface area contributed by atoms with E-state index in [1.54, 1.807) is 30.6 Å². The van der Waals surface area contributed by atoms with E-state index >= 15 is 0 Å². The zero-order chi connectivity index (χ0) is 25.4. The lowest BCUT2D eigenvalue weighted by Crippen LogP contribution is -2.38. The molecule has 3 N–H and O–H groups in total. The van der Waals surface area contributed by atoms with Crippen LogP contribution < -0.4 is 15.0 Å². The van der Waals surface area contributed by atoms with Crippen molar-refractivity contribution in [3.63, 3.8) is 0 Å².